The minimum atomic E-state index is -0.0920. The smallest absolute Gasteiger partial charge is 0.233 e. The first-order valence-electron chi connectivity index (χ1n) is 6.99. The van der Waals surface area contributed by atoms with Gasteiger partial charge in [0.05, 0.1) is 0 Å². The van der Waals surface area contributed by atoms with Crippen LogP contribution in [0.25, 0.3) is 0 Å². The zero-order valence-electron chi connectivity index (χ0n) is 12.2. The highest BCUT2D eigenvalue weighted by Crippen LogP contribution is 2.22. The average Bonchev–Trinajstić information content (AvgIpc) is 2.45. The maximum absolute atomic E-state index is 11.0. The summed E-state index contributed by atoms with van der Waals surface area (Å²) in [6.07, 6.45) is 3.48. The lowest BCUT2D eigenvalue weighted by molar-refractivity contribution is -0.121. The number of rotatable bonds is 8. The predicted molar refractivity (Wildman–Crippen MR) is 83.3 cm³/mol. The molecule has 1 aromatic carbocycles. The van der Waals surface area contributed by atoms with E-state index in [9.17, 15) is 4.79 Å². The monoisotopic (exact) mass is 297 g/mol. The Hall–Kier alpha value is -1.10. The maximum Gasteiger partial charge on any atom is 0.233 e. The van der Waals surface area contributed by atoms with Crippen molar-refractivity contribution in [3.05, 3.63) is 34.9 Å². The number of halogens is 1. The highest BCUT2D eigenvalue weighted by molar-refractivity contribution is 6.30. The first kappa shape index (κ1) is 17.0. The minimum Gasteiger partial charge on any atom is -0.300 e. The molecule has 1 unspecified atom stereocenters. The van der Waals surface area contributed by atoms with Crippen molar-refractivity contribution in [1.82, 2.24) is 10.3 Å². The molecule has 0 fully saturated rings. The van der Waals surface area contributed by atoms with Gasteiger partial charge in [-0.3, -0.25) is 15.1 Å². The summed E-state index contributed by atoms with van der Waals surface area (Å²) in [4.78, 5) is 13.3. The van der Waals surface area contributed by atoms with E-state index in [1.165, 1.54) is 5.56 Å². The van der Waals surface area contributed by atoms with Crippen molar-refractivity contribution >= 4 is 17.5 Å². The number of hydrogen-bond donors (Lipinski definition) is 2. The molecule has 1 atom stereocenters. The second-order valence-electron chi connectivity index (χ2n) is 5.09. The van der Waals surface area contributed by atoms with Gasteiger partial charge in [-0.2, -0.15) is 0 Å². The van der Waals surface area contributed by atoms with Gasteiger partial charge in [-0.05, 0) is 51.1 Å². The number of carbonyl (C=O) groups is 1. The van der Waals surface area contributed by atoms with Gasteiger partial charge >= 0.3 is 0 Å². The number of nitrogens with two attached hydrogens (primary N) is 1. The van der Waals surface area contributed by atoms with Crippen LogP contribution >= 0.6 is 11.6 Å². The van der Waals surface area contributed by atoms with E-state index in [0.29, 0.717) is 12.5 Å². The maximum atomic E-state index is 11.0. The quantitative estimate of drug-likeness (QED) is 0.336. The molecule has 112 valence electrons. The van der Waals surface area contributed by atoms with Crippen molar-refractivity contribution in [2.45, 2.75) is 38.6 Å². The molecule has 1 aromatic rings. The Balaban J connectivity index is 2.28. The van der Waals surface area contributed by atoms with Crippen molar-refractivity contribution in [2.24, 2.45) is 5.84 Å². The number of nitrogens with zero attached hydrogens (tertiary/aromatic N) is 1. The molecule has 0 aliphatic rings. The van der Waals surface area contributed by atoms with E-state index >= 15 is 0 Å². The molecular weight excluding hydrogens is 274 g/mol. The van der Waals surface area contributed by atoms with Crippen molar-refractivity contribution in [3.8, 4) is 0 Å². The van der Waals surface area contributed by atoms with Crippen molar-refractivity contribution < 1.29 is 4.79 Å². The highest BCUT2D eigenvalue weighted by Gasteiger charge is 2.11. The van der Waals surface area contributed by atoms with E-state index < -0.39 is 0 Å². The largest absolute Gasteiger partial charge is 0.300 e. The molecule has 0 saturated carbocycles. The van der Waals surface area contributed by atoms with Crippen LogP contribution in [-0.2, 0) is 4.79 Å². The molecule has 0 aromatic heterocycles. The van der Waals surface area contributed by atoms with E-state index in [4.69, 9.17) is 17.4 Å². The Labute approximate surface area is 126 Å². The van der Waals surface area contributed by atoms with Crippen LogP contribution in [-0.4, -0.2) is 24.4 Å². The third-order valence-electron chi connectivity index (χ3n) is 3.57. The van der Waals surface area contributed by atoms with E-state index in [1.54, 1.807) is 0 Å². The molecule has 3 N–H and O–H groups in total. The number of nitrogens with one attached hydrogen (secondary N) is 1. The van der Waals surface area contributed by atoms with E-state index in [2.05, 4.69) is 30.4 Å². The fourth-order valence-corrected chi connectivity index (χ4v) is 2.31. The summed E-state index contributed by atoms with van der Waals surface area (Å²) >= 11 is 6.02. The number of benzene rings is 1. The second-order valence-corrected chi connectivity index (χ2v) is 5.53. The average molecular weight is 298 g/mol. The van der Waals surface area contributed by atoms with Gasteiger partial charge in [0.2, 0.25) is 5.91 Å². The Kier molecular flexibility index (Phi) is 7.59. The molecule has 0 bridgehead atoms. The number of amides is 1. The molecule has 0 aliphatic carbocycles. The normalized spacial score (nSPS) is 12.4. The fourth-order valence-electron chi connectivity index (χ4n) is 2.11. The van der Waals surface area contributed by atoms with E-state index in [1.807, 2.05) is 18.2 Å². The third-order valence-corrected chi connectivity index (χ3v) is 3.80. The summed E-state index contributed by atoms with van der Waals surface area (Å²) in [6, 6.07) is 8.31. The first-order chi connectivity index (χ1) is 9.54. The zero-order chi connectivity index (χ0) is 15.0. The number of hydrogen-bond acceptors (Lipinski definition) is 3. The fraction of sp³-hybridized carbons (Fsp3) is 0.533. The first-order valence-corrected chi connectivity index (χ1v) is 7.37. The summed E-state index contributed by atoms with van der Waals surface area (Å²) in [7, 11) is 2.11. The van der Waals surface area contributed by atoms with Gasteiger partial charge < -0.3 is 0 Å². The molecule has 0 heterocycles. The second kappa shape index (κ2) is 8.95. The lowest BCUT2D eigenvalue weighted by Gasteiger charge is -2.25. The standard InChI is InChI=1S/C15H24ClN3O/c1-12(13-7-6-8-14(16)11-13)19(2)10-5-3-4-9-15(20)18-17/h6-8,11-12H,3-5,9-10,17H2,1-2H3,(H,18,20). The predicted octanol–water partition coefficient (Wildman–Crippen LogP) is 2.88. The van der Waals surface area contributed by atoms with Crippen LogP contribution < -0.4 is 11.3 Å². The lowest BCUT2D eigenvalue weighted by Crippen LogP contribution is -2.29. The lowest BCUT2D eigenvalue weighted by atomic mass is 10.1. The summed E-state index contributed by atoms with van der Waals surface area (Å²) in [6.45, 7) is 3.17. The number of carbonyl (C=O) groups excluding carboxylic acids is 1. The molecule has 0 radical (unpaired) electrons. The summed E-state index contributed by atoms with van der Waals surface area (Å²) in [5, 5.41) is 0.774. The van der Waals surface area contributed by atoms with Crippen LogP contribution in [0.2, 0.25) is 5.02 Å². The van der Waals surface area contributed by atoms with Crippen LogP contribution in [0, 0.1) is 0 Å². The Morgan fingerprint density at radius 1 is 1.40 bits per heavy atom. The third kappa shape index (κ3) is 5.90. The number of hydrazine groups is 1. The van der Waals surface area contributed by atoms with Gasteiger partial charge in [0.25, 0.3) is 0 Å². The van der Waals surface area contributed by atoms with Gasteiger partial charge in [-0.15, -0.1) is 0 Å². The van der Waals surface area contributed by atoms with Crippen LogP contribution in [0.1, 0.15) is 44.2 Å². The van der Waals surface area contributed by atoms with Crippen molar-refractivity contribution in [2.75, 3.05) is 13.6 Å². The van der Waals surface area contributed by atoms with Gasteiger partial charge in [0, 0.05) is 17.5 Å². The molecule has 0 saturated heterocycles. The summed E-state index contributed by atoms with van der Waals surface area (Å²) in [5.74, 6) is 4.94. The van der Waals surface area contributed by atoms with E-state index in [0.717, 1.165) is 30.8 Å². The summed E-state index contributed by atoms with van der Waals surface area (Å²) in [5.41, 5.74) is 3.37. The molecular formula is C15H24ClN3O. The molecule has 20 heavy (non-hydrogen) atoms. The van der Waals surface area contributed by atoms with Crippen molar-refractivity contribution in [1.29, 1.82) is 0 Å². The number of unbranched alkanes of at least 4 members (excludes halogenated alkanes) is 2. The molecule has 0 aliphatic heterocycles. The SMILES string of the molecule is CC(c1cccc(Cl)c1)N(C)CCCCCC(=O)NN. The highest BCUT2D eigenvalue weighted by atomic mass is 35.5. The Morgan fingerprint density at radius 3 is 2.80 bits per heavy atom. The van der Waals surface area contributed by atoms with Crippen LogP contribution in [0.4, 0.5) is 0 Å². The molecule has 1 rings (SSSR count). The van der Waals surface area contributed by atoms with Crippen molar-refractivity contribution in [3.63, 3.8) is 0 Å². The Bertz CT molecular complexity index is 425. The molecule has 1 amide bonds. The van der Waals surface area contributed by atoms with Gasteiger partial charge in [0.15, 0.2) is 0 Å². The van der Waals surface area contributed by atoms with Crippen LogP contribution in [0.3, 0.4) is 0 Å². The van der Waals surface area contributed by atoms with Gasteiger partial charge in [-0.25, -0.2) is 5.84 Å². The molecule has 5 heteroatoms. The topological polar surface area (TPSA) is 58.4 Å². The van der Waals surface area contributed by atoms with Gasteiger partial charge in [-0.1, -0.05) is 30.2 Å². The molecule has 0 spiro atoms. The van der Waals surface area contributed by atoms with Gasteiger partial charge in [0.1, 0.15) is 0 Å². The summed E-state index contributed by atoms with van der Waals surface area (Å²) < 4.78 is 0. The van der Waals surface area contributed by atoms with E-state index in [-0.39, 0.29) is 5.91 Å². The van der Waals surface area contributed by atoms with Crippen LogP contribution in [0.15, 0.2) is 24.3 Å². The Morgan fingerprint density at radius 2 is 2.15 bits per heavy atom. The zero-order valence-corrected chi connectivity index (χ0v) is 13.0. The molecule has 4 nitrogen and oxygen atoms in total. The minimum absolute atomic E-state index is 0.0920. The van der Waals surface area contributed by atoms with Crippen LogP contribution in [0.5, 0.6) is 0 Å².